The molecule has 1 aromatic heterocycles. The van der Waals surface area contributed by atoms with Gasteiger partial charge in [-0.15, -0.1) is 0 Å². The van der Waals surface area contributed by atoms with Crippen LogP contribution in [0.5, 0.6) is 0 Å². The van der Waals surface area contributed by atoms with Gasteiger partial charge in [0.2, 0.25) is 5.91 Å². The van der Waals surface area contributed by atoms with Gasteiger partial charge in [-0.1, -0.05) is 0 Å². The molecule has 0 fully saturated rings. The fraction of sp³-hybridized carbons (Fsp3) is 0.556. The largest absolute Gasteiger partial charge is 0.400 e. The molecule has 1 heterocycles. The lowest BCUT2D eigenvalue weighted by atomic mass is 10.1. The van der Waals surface area contributed by atoms with Gasteiger partial charge < -0.3 is 5.32 Å². The van der Waals surface area contributed by atoms with Gasteiger partial charge in [-0.2, -0.15) is 18.3 Å². The Hall–Kier alpha value is -1.67. The Morgan fingerprint density at radius 3 is 2.61 bits per heavy atom. The van der Waals surface area contributed by atoms with E-state index >= 15 is 0 Å². The van der Waals surface area contributed by atoms with Crippen LogP contribution < -0.4 is 5.32 Å². The minimum Gasteiger partial charge on any atom is -0.323 e. The topological polar surface area (TPSA) is 46.9 Å². The molecular weight excluding hydrogens is 261 g/mol. The summed E-state index contributed by atoms with van der Waals surface area (Å²) in [4.78, 5) is 11.2. The number of rotatable bonds is 4. The zero-order valence-corrected chi connectivity index (χ0v) is 9.21. The van der Waals surface area contributed by atoms with Gasteiger partial charge in [0.05, 0.1) is 11.9 Å². The molecule has 0 saturated heterocycles. The number of hydrogen-bond donors (Lipinski definition) is 1. The van der Waals surface area contributed by atoms with Crippen LogP contribution in [0.15, 0.2) is 12.4 Å². The van der Waals surface area contributed by atoms with Gasteiger partial charge in [0.15, 0.2) is 0 Å². The summed E-state index contributed by atoms with van der Waals surface area (Å²) < 4.78 is 61.4. The highest BCUT2D eigenvalue weighted by Gasteiger charge is 2.41. The summed E-state index contributed by atoms with van der Waals surface area (Å²) in [7, 11) is 0. The summed E-state index contributed by atoms with van der Waals surface area (Å²) in [5.41, 5.74) is -0.0586. The van der Waals surface area contributed by atoms with E-state index in [0.717, 1.165) is 17.1 Å². The summed E-state index contributed by atoms with van der Waals surface area (Å²) in [6.07, 6.45) is -5.25. The molecule has 4 nitrogen and oxygen atoms in total. The number of carbonyl (C=O) groups excluding carboxylic acids is 1. The zero-order chi connectivity index (χ0) is 13.9. The molecule has 9 heteroatoms. The quantitative estimate of drug-likeness (QED) is 0.854. The van der Waals surface area contributed by atoms with Gasteiger partial charge in [-0.25, -0.2) is 8.78 Å². The number of nitrogens with one attached hydrogen (secondary N) is 1. The van der Waals surface area contributed by atoms with Gasteiger partial charge in [0, 0.05) is 6.20 Å². The molecule has 1 N–H and O–H groups in total. The number of aromatic nitrogens is 2. The Bertz CT molecular complexity index is 415. The van der Waals surface area contributed by atoms with Crippen molar-refractivity contribution >= 4 is 11.6 Å². The van der Waals surface area contributed by atoms with Crippen LogP contribution in [0.3, 0.4) is 0 Å². The first kappa shape index (κ1) is 14.4. The summed E-state index contributed by atoms with van der Waals surface area (Å²) in [5.74, 6) is -3.45. The monoisotopic (exact) mass is 271 g/mol. The number of amides is 1. The summed E-state index contributed by atoms with van der Waals surface area (Å²) in [6.45, 7) is 0.0175. The van der Waals surface area contributed by atoms with Crippen molar-refractivity contribution in [2.45, 2.75) is 26.1 Å². The van der Waals surface area contributed by atoms with Gasteiger partial charge in [0.1, 0.15) is 12.5 Å². The van der Waals surface area contributed by atoms with Crippen LogP contribution >= 0.6 is 0 Å². The van der Waals surface area contributed by atoms with E-state index in [1.807, 2.05) is 5.32 Å². The Labute approximate surface area is 98.8 Å². The Morgan fingerprint density at radius 2 is 2.11 bits per heavy atom. The highest BCUT2D eigenvalue weighted by atomic mass is 19.4. The highest BCUT2D eigenvalue weighted by Crippen LogP contribution is 2.26. The molecule has 0 radical (unpaired) electrons. The predicted molar refractivity (Wildman–Crippen MR) is 52.1 cm³/mol. The molecule has 1 unspecified atom stereocenters. The van der Waals surface area contributed by atoms with Crippen LogP contribution in [-0.4, -0.2) is 28.3 Å². The molecule has 1 amide bonds. The number of alkyl halides is 5. The van der Waals surface area contributed by atoms with Gasteiger partial charge in [-0.3, -0.25) is 9.48 Å². The lowest BCUT2D eigenvalue weighted by Crippen LogP contribution is -2.32. The van der Waals surface area contributed by atoms with Crippen LogP contribution in [0.1, 0.15) is 6.92 Å². The van der Waals surface area contributed by atoms with Crippen molar-refractivity contribution in [3.05, 3.63) is 12.4 Å². The third kappa shape index (κ3) is 3.97. The first-order valence-electron chi connectivity index (χ1n) is 4.88. The number of halogens is 5. The van der Waals surface area contributed by atoms with E-state index in [9.17, 15) is 26.7 Å². The lowest BCUT2D eigenvalue weighted by molar-refractivity contribution is -0.175. The smallest absolute Gasteiger partial charge is 0.323 e. The van der Waals surface area contributed by atoms with E-state index in [4.69, 9.17) is 0 Å². The standard InChI is InChI=1S/C9H10F5N3O/c1-5(9(12,13)14)8(18)16-6-2-15-17(3-6)4-7(10)11/h2-3,5,7H,4H2,1H3,(H,16,18). The second kappa shape index (κ2) is 5.32. The van der Waals surface area contributed by atoms with Crippen molar-refractivity contribution in [1.82, 2.24) is 9.78 Å². The van der Waals surface area contributed by atoms with Crippen molar-refractivity contribution in [1.29, 1.82) is 0 Å². The maximum atomic E-state index is 12.2. The van der Waals surface area contributed by atoms with Crippen molar-refractivity contribution in [3.63, 3.8) is 0 Å². The molecule has 1 rings (SSSR count). The number of carbonyl (C=O) groups is 1. The summed E-state index contributed by atoms with van der Waals surface area (Å²) >= 11 is 0. The van der Waals surface area contributed by atoms with E-state index < -0.39 is 31.0 Å². The fourth-order valence-electron chi connectivity index (χ4n) is 1.07. The van der Waals surface area contributed by atoms with Crippen molar-refractivity contribution < 1.29 is 26.7 Å². The van der Waals surface area contributed by atoms with Crippen LogP contribution in [0, 0.1) is 5.92 Å². The molecule has 0 aliphatic heterocycles. The molecular formula is C9H10F5N3O. The molecule has 1 atom stereocenters. The average molecular weight is 271 g/mol. The Balaban J connectivity index is 2.63. The van der Waals surface area contributed by atoms with E-state index in [1.54, 1.807) is 0 Å². The van der Waals surface area contributed by atoms with Crippen LogP contribution in [0.25, 0.3) is 0 Å². The molecule has 0 aromatic carbocycles. The van der Waals surface area contributed by atoms with Crippen LogP contribution in [0.2, 0.25) is 0 Å². The second-order valence-corrected chi connectivity index (χ2v) is 3.59. The minimum atomic E-state index is -4.65. The van der Waals surface area contributed by atoms with Gasteiger partial charge >= 0.3 is 6.18 Å². The highest BCUT2D eigenvalue weighted by molar-refractivity contribution is 5.92. The molecule has 0 bridgehead atoms. The number of hydrogen-bond acceptors (Lipinski definition) is 2. The van der Waals surface area contributed by atoms with E-state index in [0.29, 0.717) is 6.92 Å². The SMILES string of the molecule is CC(C(=O)Nc1cnn(CC(F)F)c1)C(F)(F)F. The van der Waals surface area contributed by atoms with E-state index in [1.165, 1.54) is 0 Å². The maximum absolute atomic E-state index is 12.2. The molecule has 0 aliphatic carbocycles. The zero-order valence-electron chi connectivity index (χ0n) is 9.21. The molecule has 18 heavy (non-hydrogen) atoms. The first-order valence-corrected chi connectivity index (χ1v) is 4.88. The number of nitrogens with zero attached hydrogens (tertiary/aromatic N) is 2. The first-order chi connectivity index (χ1) is 8.20. The molecule has 1 aromatic rings. The summed E-state index contributed by atoms with van der Waals surface area (Å²) in [5, 5.41) is 5.43. The number of anilines is 1. The predicted octanol–water partition coefficient (Wildman–Crippen LogP) is 2.29. The maximum Gasteiger partial charge on any atom is 0.400 e. The summed E-state index contributed by atoms with van der Waals surface area (Å²) in [6, 6.07) is 0. The average Bonchev–Trinajstić information content (AvgIpc) is 2.61. The Kier molecular flexibility index (Phi) is 4.25. The van der Waals surface area contributed by atoms with Crippen LogP contribution in [0.4, 0.5) is 27.6 Å². The van der Waals surface area contributed by atoms with Gasteiger partial charge in [0.25, 0.3) is 6.43 Å². The third-order valence-corrected chi connectivity index (χ3v) is 2.11. The molecule has 0 saturated carbocycles. The Morgan fingerprint density at radius 1 is 1.50 bits per heavy atom. The molecule has 102 valence electrons. The third-order valence-electron chi connectivity index (χ3n) is 2.11. The van der Waals surface area contributed by atoms with Crippen molar-refractivity contribution in [3.8, 4) is 0 Å². The van der Waals surface area contributed by atoms with Crippen LogP contribution in [-0.2, 0) is 11.3 Å². The van der Waals surface area contributed by atoms with E-state index in [-0.39, 0.29) is 5.69 Å². The molecule has 0 aliphatic rings. The van der Waals surface area contributed by atoms with Crippen molar-refractivity contribution in [2.75, 3.05) is 5.32 Å². The van der Waals surface area contributed by atoms with Crippen molar-refractivity contribution in [2.24, 2.45) is 5.92 Å². The molecule has 0 spiro atoms. The van der Waals surface area contributed by atoms with E-state index in [2.05, 4.69) is 5.10 Å². The lowest BCUT2D eigenvalue weighted by Gasteiger charge is -2.14. The minimum absolute atomic E-state index is 0.0586. The van der Waals surface area contributed by atoms with Gasteiger partial charge in [-0.05, 0) is 6.92 Å². The second-order valence-electron chi connectivity index (χ2n) is 3.59. The fourth-order valence-corrected chi connectivity index (χ4v) is 1.07. The normalized spacial score (nSPS) is 13.7.